The van der Waals surface area contributed by atoms with Crippen LogP contribution in [0, 0.1) is 0 Å². The van der Waals surface area contributed by atoms with Gasteiger partial charge in [-0.2, -0.15) is 0 Å². The lowest BCUT2D eigenvalue weighted by Gasteiger charge is -2.38. The van der Waals surface area contributed by atoms with Crippen molar-refractivity contribution >= 4 is 21.8 Å². The van der Waals surface area contributed by atoms with Crippen LogP contribution < -0.4 is 0 Å². The van der Waals surface area contributed by atoms with Crippen LogP contribution in [-0.2, 0) is 19.4 Å². The van der Waals surface area contributed by atoms with E-state index in [4.69, 9.17) is 4.74 Å². The Morgan fingerprint density at radius 3 is 2.20 bits per heavy atom. The first-order valence-electron chi connectivity index (χ1n) is 10.0. The standard InChI is InChI=1S/C22H24N2O5S/c25-21(16-30(27,28)19-9-5-2-6-10-19)23-13-11-18(12-14-23)24-20(15-29-22(24)26)17-7-3-1-4-8-17/h1-10,18,20H,11-16H2. The fourth-order valence-electron chi connectivity index (χ4n) is 4.13. The van der Waals surface area contributed by atoms with Gasteiger partial charge in [0.1, 0.15) is 12.4 Å². The third kappa shape index (κ3) is 4.18. The molecule has 30 heavy (non-hydrogen) atoms. The fraction of sp³-hybridized carbons (Fsp3) is 0.364. The van der Waals surface area contributed by atoms with Crippen molar-refractivity contribution in [3.63, 3.8) is 0 Å². The number of cyclic esters (lactones) is 1. The third-order valence-corrected chi connectivity index (χ3v) is 7.34. The number of sulfone groups is 1. The molecule has 2 aliphatic rings. The first kappa shape index (κ1) is 20.4. The Balaban J connectivity index is 1.39. The number of hydrogen-bond donors (Lipinski definition) is 0. The topological polar surface area (TPSA) is 84.0 Å². The molecule has 158 valence electrons. The Labute approximate surface area is 176 Å². The monoisotopic (exact) mass is 428 g/mol. The van der Waals surface area contributed by atoms with Crippen LogP contribution in [0.15, 0.2) is 65.6 Å². The molecule has 2 amide bonds. The lowest BCUT2D eigenvalue weighted by Crippen LogP contribution is -2.48. The molecule has 2 fully saturated rings. The average molecular weight is 429 g/mol. The SMILES string of the molecule is O=C(CS(=O)(=O)c1ccccc1)N1CCC(N2C(=O)OCC2c2ccccc2)CC1. The highest BCUT2D eigenvalue weighted by Gasteiger charge is 2.40. The number of ether oxygens (including phenoxy) is 1. The molecular formula is C22H24N2O5S. The summed E-state index contributed by atoms with van der Waals surface area (Å²) in [6, 6.07) is 17.6. The molecule has 1 atom stereocenters. The van der Waals surface area contributed by atoms with E-state index >= 15 is 0 Å². The van der Waals surface area contributed by atoms with Crippen molar-refractivity contribution in [2.75, 3.05) is 25.4 Å². The van der Waals surface area contributed by atoms with E-state index in [2.05, 4.69) is 0 Å². The number of carbonyl (C=O) groups is 2. The number of likely N-dealkylation sites (tertiary alicyclic amines) is 1. The van der Waals surface area contributed by atoms with E-state index in [-0.39, 0.29) is 23.1 Å². The second kappa shape index (κ2) is 8.47. The van der Waals surface area contributed by atoms with Gasteiger partial charge in [0, 0.05) is 19.1 Å². The van der Waals surface area contributed by atoms with Gasteiger partial charge in [0.2, 0.25) is 5.91 Å². The van der Waals surface area contributed by atoms with E-state index < -0.39 is 21.5 Å². The molecule has 0 bridgehead atoms. The summed E-state index contributed by atoms with van der Waals surface area (Å²) in [5.41, 5.74) is 1.02. The Hall–Kier alpha value is -2.87. The third-order valence-electron chi connectivity index (χ3n) is 5.72. The van der Waals surface area contributed by atoms with Crippen LogP contribution in [0.2, 0.25) is 0 Å². The minimum atomic E-state index is -3.67. The zero-order chi connectivity index (χ0) is 21.1. The smallest absolute Gasteiger partial charge is 0.410 e. The Kier molecular flexibility index (Phi) is 5.76. The van der Waals surface area contributed by atoms with Gasteiger partial charge < -0.3 is 9.64 Å². The van der Waals surface area contributed by atoms with Gasteiger partial charge in [0.25, 0.3) is 0 Å². The number of piperidine rings is 1. The molecule has 0 radical (unpaired) electrons. The Morgan fingerprint density at radius 1 is 0.967 bits per heavy atom. The molecule has 0 N–H and O–H groups in total. The number of carbonyl (C=O) groups excluding carboxylic acids is 2. The first-order chi connectivity index (χ1) is 14.5. The van der Waals surface area contributed by atoms with E-state index in [1.54, 1.807) is 28.0 Å². The van der Waals surface area contributed by atoms with Crippen molar-refractivity contribution in [1.82, 2.24) is 9.80 Å². The lowest BCUT2D eigenvalue weighted by atomic mass is 9.99. The molecule has 2 aromatic rings. The summed E-state index contributed by atoms with van der Waals surface area (Å²) in [6.45, 7) is 1.15. The maximum Gasteiger partial charge on any atom is 0.410 e. The molecule has 4 rings (SSSR count). The van der Waals surface area contributed by atoms with Gasteiger partial charge >= 0.3 is 6.09 Å². The Bertz CT molecular complexity index is 1000. The normalized spacial score (nSPS) is 20.3. The molecule has 7 nitrogen and oxygen atoms in total. The van der Waals surface area contributed by atoms with Crippen LogP contribution in [0.25, 0.3) is 0 Å². The van der Waals surface area contributed by atoms with Crippen LogP contribution in [0.4, 0.5) is 4.79 Å². The van der Waals surface area contributed by atoms with Crippen LogP contribution >= 0.6 is 0 Å². The van der Waals surface area contributed by atoms with Gasteiger partial charge in [-0.1, -0.05) is 48.5 Å². The predicted molar refractivity (Wildman–Crippen MR) is 110 cm³/mol. The number of benzene rings is 2. The predicted octanol–water partition coefficient (Wildman–Crippen LogP) is 2.64. The number of amides is 2. The van der Waals surface area contributed by atoms with Crippen molar-refractivity contribution in [2.24, 2.45) is 0 Å². The molecule has 2 heterocycles. The quantitative estimate of drug-likeness (QED) is 0.731. The van der Waals surface area contributed by atoms with Gasteiger partial charge in [-0.25, -0.2) is 13.2 Å². The number of rotatable bonds is 5. The highest BCUT2D eigenvalue weighted by atomic mass is 32.2. The van der Waals surface area contributed by atoms with Gasteiger partial charge in [0.15, 0.2) is 9.84 Å². The van der Waals surface area contributed by atoms with Crippen LogP contribution in [0.3, 0.4) is 0 Å². The van der Waals surface area contributed by atoms with Gasteiger partial charge in [-0.15, -0.1) is 0 Å². The molecule has 2 aliphatic heterocycles. The molecule has 0 aliphatic carbocycles. The van der Waals surface area contributed by atoms with Crippen molar-refractivity contribution in [1.29, 1.82) is 0 Å². The Morgan fingerprint density at radius 2 is 1.57 bits per heavy atom. The molecule has 0 aromatic heterocycles. The largest absolute Gasteiger partial charge is 0.447 e. The first-order valence-corrected chi connectivity index (χ1v) is 11.7. The van der Waals surface area contributed by atoms with Crippen LogP contribution in [0.5, 0.6) is 0 Å². The second-order valence-corrected chi connectivity index (χ2v) is 9.58. The molecule has 2 saturated heterocycles. The zero-order valence-corrected chi connectivity index (χ0v) is 17.3. The second-order valence-electron chi connectivity index (χ2n) is 7.59. The summed E-state index contributed by atoms with van der Waals surface area (Å²) in [5, 5.41) is 0. The summed E-state index contributed by atoms with van der Waals surface area (Å²) in [6.07, 6.45) is 0.853. The molecule has 1 unspecified atom stereocenters. The van der Waals surface area contributed by atoms with E-state index in [1.807, 2.05) is 30.3 Å². The van der Waals surface area contributed by atoms with Gasteiger partial charge in [-0.3, -0.25) is 9.69 Å². The molecule has 8 heteroatoms. The van der Waals surface area contributed by atoms with E-state index in [9.17, 15) is 18.0 Å². The molecular weight excluding hydrogens is 404 g/mol. The average Bonchev–Trinajstić information content (AvgIpc) is 3.16. The summed E-state index contributed by atoms with van der Waals surface area (Å²) in [5.74, 6) is -0.944. The van der Waals surface area contributed by atoms with Crippen LogP contribution in [-0.4, -0.2) is 61.7 Å². The van der Waals surface area contributed by atoms with Crippen molar-refractivity contribution in [2.45, 2.75) is 29.8 Å². The van der Waals surface area contributed by atoms with E-state index in [0.29, 0.717) is 32.5 Å². The summed E-state index contributed by atoms with van der Waals surface area (Å²) in [7, 11) is -3.67. The minimum absolute atomic E-state index is 0.0417. The maximum atomic E-state index is 12.6. The lowest BCUT2D eigenvalue weighted by molar-refractivity contribution is -0.129. The summed E-state index contributed by atoms with van der Waals surface area (Å²) in [4.78, 5) is 28.5. The zero-order valence-electron chi connectivity index (χ0n) is 16.5. The maximum absolute atomic E-state index is 12.6. The minimum Gasteiger partial charge on any atom is -0.447 e. The van der Waals surface area contributed by atoms with Crippen molar-refractivity contribution < 1.29 is 22.7 Å². The molecule has 0 spiro atoms. The van der Waals surface area contributed by atoms with Crippen LogP contribution in [0.1, 0.15) is 24.4 Å². The van der Waals surface area contributed by atoms with Gasteiger partial charge in [0.05, 0.1) is 10.9 Å². The molecule has 0 saturated carbocycles. The summed E-state index contributed by atoms with van der Waals surface area (Å²) >= 11 is 0. The fourth-order valence-corrected chi connectivity index (χ4v) is 5.37. The highest BCUT2D eigenvalue weighted by molar-refractivity contribution is 7.92. The summed E-state index contributed by atoms with van der Waals surface area (Å²) < 4.78 is 30.3. The number of nitrogens with zero attached hydrogens (tertiary/aromatic N) is 2. The molecule has 2 aromatic carbocycles. The number of hydrogen-bond acceptors (Lipinski definition) is 5. The van der Waals surface area contributed by atoms with Crippen molar-refractivity contribution in [3.8, 4) is 0 Å². The van der Waals surface area contributed by atoms with Crippen molar-refractivity contribution in [3.05, 3.63) is 66.2 Å². The van der Waals surface area contributed by atoms with E-state index in [1.165, 1.54) is 12.1 Å². The van der Waals surface area contributed by atoms with Gasteiger partial charge in [-0.05, 0) is 30.5 Å². The highest BCUT2D eigenvalue weighted by Crippen LogP contribution is 2.33. The van der Waals surface area contributed by atoms with E-state index in [0.717, 1.165) is 5.56 Å².